The molecule has 23 heavy (non-hydrogen) atoms. The van der Waals surface area contributed by atoms with E-state index in [-0.39, 0.29) is 12.3 Å². The van der Waals surface area contributed by atoms with Gasteiger partial charge in [-0.3, -0.25) is 20.2 Å². The van der Waals surface area contributed by atoms with Crippen LogP contribution in [0.3, 0.4) is 0 Å². The number of hydrogen-bond acceptors (Lipinski definition) is 6. The van der Waals surface area contributed by atoms with Crippen molar-refractivity contribution in [2.75, 3.05) is 5.43 Å². The Bertz CT molecular complexity index is 788. The topological polar surface area (TPSA) is 86.5 Å². The Labute approximate surface area is 142 Å². The first kappa shape index (κ1) is 16.9. The number of carbonyl (C=O) groups is 1. The number of aromatic hydroxyl groups is 1. The molecule has 8 heteroatoms. The smallest absolute Gasteiger partial charge is 0.303 e. The van der Waals surface area contributed by atoms with E-state index in [1.54, 1.807) is 0 Å². The number of hydrazine groups is 1. The summed E-state index contributed by atoms with van der Waals surface area (Å²) in [5, 5.41) is 18.7. The van der Waals surface area contributed by atoms with Gasteiger partial charge in [-0.15, -0.1) is 0 Å². The standard InChI is InChI=1S/C15H15N3O3S2/c19-13(20)7-4-10-18-14(21)12(23-15(18)22)8-9-16-17-11-5-2-1-3-6-11/h1-3,5-6,16-17,21H,4,7,10H2,(H,19,20). The molecule has 0 radical (unpaired) electrons. The second kappa shape index (κ2) is 8.22. The van der Waals surface area contributed by atoms with Crippen LogP contribution in [0.25, 0.3) is 0 Å². The number of benzene rings is 1. The van der Waals surface area contributed by atoms with Gasteiger partial charge in [0.05, 0.1) is 5.69 Å². The molecule has 0 atom stereocenters. The zero-order valence-electron chi connectivity index (χ0n) is 12.1. The van der Waals surface area contributed by atoms with Gasteiger partial charge in [-0.25, -0.2) is 0 Å². The highest BCUT2D eigenvalue weighted by molar-refractivity contribution is 7.73. The molecule has 0 unspecified atom stereocenters. The van der Waals surface area contributed by atoms with E-state index in [2.05, 4.69) is 22.8 Å². The van der Waals surface area contributed by atoms with Crippen LogP contribution in [0, 0.1) is 15.9 Å². The van der Waals surface area contributed by atoms with Crippen LogP contribution in [0.4, 0.5) is 5.69 Å². The maximum atomic E-state index is 10.5. The van der Waals surface area contributed by atoms with E-state index in [4.69, 9.17) is 17.3 Å². The number of aliphatic carboxylic acids is 1. The number of carboxylic acid groups (broad SMARTS) is 1. The lowest BCUT2D eigenvalue weighted by Crippen LogP contribution is -2.14. The summed E-state index contributed by atoms with van der Waals surface area (Å²) in [4.78, 5) is 11.0. The molecule has 0 saturated carbocycles. The van der Waals surface area contributed by atoms with Gasteiger partial charge in [0, 0.05) is 19.0 Å². The molecule has 0 aliphatic carbocycles. The monoisotopic (exact) mass is 349 g/mol. The van der Waals surface area contributed by atoms with Crippen LogP contribution >= 0.6 is 23.6 Å². The van der Waals surface area contributed by atoms with Gasteiger partial charge in [-0.2, -0.15) is 0 Å². The zero-order valence-corrected chi connectivity index (χ0v) is 13.7. The Kier molecular flexibility index (Phi) is 6.02. The largest absolute Gasteiger partial charge is 0.493 e. The predicted octanol–water partition coefficient (Wildman–Crippen LogP) is 2.78. The van der Waals surface area contributed by atoms with Crippen LogP contribution in [0.5, 0.6) is 5.88 Å². The summed E-state index contributed by atoms with van der Waals surface area (Å²) < 4.78 is 1.96. The van der Waals surface area contributed by atoms with Gasteiger partial charge in [-0.1, -0.05) is 29.5 Å². The third-order valence-corrected chi connectivity index (χ3v) is 4.21. The summed E-state index contributed by atoms with van der Waals surface area (Å²) in [7, 11) is 0. The maximum absolute atomic E-state index is 10.5. The van der Waals surface area contributed by atoms with E-state index >= 15 is 0 Å². The minimum Gasteiger partial charge on any atom is -0.493 e. The summed E-state index contributed by atoms with van der Waals surface area (Å²) >= 11 is 6.35. The first-order valence-electron chi connectivity index (χ1n) is 6.79. The van der Waals surface area contributed by atoms with Gasteiger partial charge in [-0.05, 0) is 36.7 Å². The molecule has 120 valence electrons. The molecule has 0 bridgehead atoms. The van der Waals surface area contributed by atoms with Gasteiger partial charge in [0.15, 0.2) is 3.95 Å². The van der Waals surface area contributed by atoms with Crippen LogP contribution in [0.2, 0.25) is 0 Å². The molecule has 6 nitrogen and oxygen atoms in total. The van der Waals surface area contributed by atoms with E-state index in [0.717, 1.165) is 5.69 Å². The molecule has 2 rings (SSSR count). The number of nitrogens with one attached hydrogen (secondary N) is 2. The number of nitrogens with zero attached hydrogens (tertiary/aromatic N) is 1. The predicted molar refractivity (Wildman–Crippen MR) is 91.8 cm³/mol. The van der Waals surface area contributed by atoms with Crippen molar-refractivity contribution in [1.29, 1.82) is 0 Å². The lowest BCUT2D eigenvalue weighted by Gasteiger charge is -2.02. The molecule has 1 aromatic heterocycles. The van der Waals surface area contributed by atoms with Crippen molar-refractivity contribution in [3.05, 3.63) is 39.2 Å². The number of hydrogen-bond donors (Lipinski definition) is 4. The Morgan fingerprint density at radius 2 is 2.09 bits per heavy atom. The molecular formula is C15H15N3O3S2. The summed E-state index contributed by atoms with van der Waals surface area (Å²) in [6.45, 7) is 0.352. The van der Waals surface area contributed by atoms with Crippen molar-refractivity contribution < 1.29 is 15.0 Å². The van der Waals surface area contributed by atoms with Gasteiger partial charge in [0.25, 0.3) is 0 Å². The third kappa shape index (κ3) is 5.02. The van der Waals surface area contributed by atoms with Crippen LogP contribution < -0.4 is 10.9 Å². The number of thiazole rings is 1. The fourth-order valence-electron chi connectivity index (χ4n) is 1.78. The van der Waals surface area contributed by atoms with E-state index in [1.807, 2.05) is 30.3 Å². The summed E-state index contributed by atoms with van der Waals surface area (Å²) in [5.41, 5.74) is 6.50. The lowest BCUT2D eigenvalue weighted by atomic mass is 10.3. The Balaban J connectivity index is 1.97. The van der Waals surface area contributed by atoms with Crippen molar-refractivity contribution in [2.45, 2.75) is 19.4 Å². The molecule has 0 fully saturated rings. The second-order valence-corrected chi connectivity index (χ2v) is 6.18. The molecular weight excluding hydrogens is 334 g/mol. The molecule has 0 amide bonds. The minimum atomic E-state index is -0.873. The van der Waals surface area contributed by atoms with E-state index in [9.17, 15) is 9.90 Å². The Hall–Kier alpha value is -2.50. The van der Waals surface area contributed by atoms with E-state index in [1.165, 1.54) is 15.9 Å². The highest BCUT2D eigenvalue weighted by atomic mass is 32.1. The second-order valence-electron chi connectivity index (χ2n) is 4.54. The zero-order chi connectivity index (χ0) is 16.7. The molecule has 0 aliphatic heterocycles. The molecule has 0 aliphatic rings. The van der Waals surface area contributed by atoms with Crippen molar-refractivity contribution in [2.24, 2.45) is 0 Å². The third-order valence-electron chi connectivity index (χ3n) is 2.86. The number of para-hydroxylation sites is 1. The van der Waals surface area contributed by atoms with Gasteiger partial charge < -0.3 is 10.2 Å². The summed E-state index contributed by atoms with van der Waals surface area (Å²) in [6, 6.07) is 12.2. The molecule has 0 spiro atoms. The van der Waals surface area contributed by atoms with Gasteiger partial charge >= 0.3 is 5.97 Å². The fraction of sp³-hybridized carbons (Fsp3) is 0.200. The van der Waals surface area contributed by atoms with Crippen molar-refractivity contribution in [1.82, 2.24) is 9.99 Å². The Morgan fingerprint density at radius 3 is 2.78 bits per heavy atom. The van der Waals surface area contributed by atoms with Gasteiger partial charge in [0.2, 0.25) is 5.88 Å². The molecule has 1 heterocycles. The number of aromatic nitrogens is 1. The molecule has 0 saturated heterocycles. The number of anilines is 1. The lowest BCUT2D eigenvalue weighted by molar-refractivity contribution is -0.137. The molecule has 1 aromatic carbocycles. The highest BCUT2D eigenvalue weighted by Gasteiger charge is 2.10. The van der Waals surface area contributed by atoms with Gasteiger partial charge in [0.1, 0.15) is 4.88 Å². The quantitative estimate of drug-likeness (QED) is 0.278. The van der Waals surface area contributed by atoms with Crippen LogP contribution in [0.1, 0.15) is 17.7 Å². The summed E-state index contributed by atoms with van der Waals surface area (Å²) in [6.07, 6.45) is 0.426. The molecule has 2 aromatic rings. The normalized spacial score (nSPS) is 9.74. The minimum absolute atomic E-state index is 0.0283. The van der Waals surface area contributed by atoms with E-state index in [0.29, 0.717) is 21.8 Å². The van der Waals surface area contributed by atoms with Crippen LogP contribution in [0.15, 0.2) is 30.3 Å². The average Bonchev–Trinajstić information content (AvgIpc) is 2.80. The van der Waals surface area contributed by atoms with E-state index < -0.39 is 5.97 Å². The van der Waals surface area contributed by atoms with Crippen molar-refractivity contribution >= 4 is 35.2 Å². The van der Waals surface area contributed by atoms with Crippen molar-refractivity contribution in [3.63, 3.8) is 0 Å². The highest BCUT2D eigenvalue weighted by Crippen LogP contribution is 2.25. The van der Waals surface area contributed by atoms with Crippen LogP contribution in [-0.4, -0.2) is 20.7 Å². The SMILES string of the molecule is O=C(O)CCCn1c(O)c(C#CNNc2ccccc2)sc1=S. The number of carboxylic acids is 1. The fourth-order valence-corrected chi connectivity index (χ4v) is 2.97. The average molecular weight is 349 g/mol. The van der Waals surface area contributed by atoms with Crippen molar-refractivity contribution in [3.8, 4) is 17.8 Å². The maximum Gasteiger partial charge on any atom is 0.303 e. The first-order valence-corrected chi connectivity index (χ1v) is 8.02. The van der Waals surface area contributed by atoms with Crippen LogP contribution in [-0.2, 0) is 11.3 Å². The molecule has 4 N–H and O–H groups in total. The summed E-state index contributed by atoms with van der Waals surface area (Å²) in [5.74, 6) is 1.88. The number of rotatable bonds is 6. The first-order chi connectivity index (χ1) is 11.1. The Morgan fingerprint density at radius 1 is 1.35 bits per heavy atom.